The van der Waals surface area contributed by atoms with Gasteiger partial charge in [-0.1, -0.05) is 29.6 Å². The van der Waals surface area contributed by atoms with E-state index in [0.29, 0.717) is 21.7 Å². The summed E-state index contributed by atoms with van der Waals surface area (Å²) in [6.45, 7) is 0.772. The van der Waals surface area contributed by atoms with Crippen molar-refractivity contribution in [2.24, 2.45) is 17.8 Å². The van der Waals surface area contributed by atoms with Crippen LogP contribution >= 0.6 is 23.2 Å². The predicted octanol–water partition coefficient (Wildman–Crippen LogP) is 4.55. The highest BCUT2D eigenvalue weighted by molar-refractivity contribution is 6.42. The highest BCUT2D eigenvalue weighted by atomic mass is 35.5. The Morgan fingerprint density at radius 3 is 2.70 bits per heavy atom. The van der Waals surface area contributed by atoms with E-state index in [4.69, 9.17) is 23.2 Å². The molecule has 3 nitrogen and oxygen atoms in total. The molecule has 0 aliphatic heterocycles. The largest absolute Gasteiger partial charge is 0.338 e. The first-order chi connectivity index (χ1) is 9.61. The summed E-state index contributed by atoms with van der Waals surface area (Å²) in [7, 11) is 0. The van der Waals surface area contributed by atoms with Crippen molar-refractivity contribution in [2.75, 3.05) is 11.9 Å². The summed E-state index contributed by atoms with van der Waals surface area (Å²) < 4.78 is 0. The van der Waals surface area contributed by atoms with Crippen LogP contribution in [0.4, 0.5) is 10.5 Å². The first-order valence-corrected chi connectivity index (χ1v) is 7.87. The van der Waals surface area contributed by atoms with Crippen LogP contribution in [-0.2, 0) is 0 Å². The van der Waals surface area contributed by atoms with Gasteiger partial charge in [-0.2, -0.15) is 0 Å². The van der Waals surface area contributed by atoms with Crippen molar-refractivity contribution in [3.63, 3.8) is 0 Å². The van der Waals surface area contributed by atoms with E-state index in [1.807, 2.05) is 0 Å². The van der Waals surface area contributed by atoms with Gasteiger partial charge in [0.2, 0.25) is 0 Å². The van der Waals surface area contributed by atoms with E-state index in [9.17, 15) is 4.79 Å². The molecule has 3 atom stereocenters. The third kappa shape index (κ3) is 3.04. The number of carbonyl (C=O) groups excluding carboxylic acids is 1. The van der Waals surface area contributed by atoms with Gasteiger partial charge in [-0.05, 0) is 55.2 Å². The average molecular weight is 313 g/mol. The van der Waals surface area contributed by atoms with Crippen LogP contribution in [-0.4, -0.2) is 12.6 Å². The van der Waals surface area contributed by atoms with Gasteiger partial charge >= 0.3 is 6.03 Å². The molecule has 20 heavy (non-hydrogen) atoms. The SMILES string of the molecule is O=C(NC[C@@H]1C[C@@H]2CC[C@@H]1C2)Nc1ccc(Cl)c(Cl)c1. The van der Waals surface area contributed by atoms with Crippen molar-refractivity contribution in [1.29, 1.82) is 0 Å². The zero-order chi connectivity index (χ0) is 14.1. The standard InChI is InChI=1S/C15H18Cl2N2O/c16-13-4-3-12(7-14(13)17)19-15(20)18-8-11-6-9-1-2-10(11)5-9/h3-4,7,9-11H,1-2,5-6,8H2,(H2,18,19,20)/t9-,10-,11+/m1/s1. The van der Waals surface area contributed by atoms with Crippen molar-refractivity contribution in [2.45, 2.75) is 25.7 Å². The molecule has 1 aromatic carbocycles. The first-order valence-electron chi connectivity index (χ1n) is 7.11. The number of hydrogen-bond acceptors (Lipinski definition) is 1. The fourth-order valence-electron chi connectivity index (χ4n) is 3.60. The Labute approximate surface area is 129 Å². The average Bonchev–Trinajstić information content (AvgIpc) is 3.03. The number of urea groups is 1. The summed E-state index contributed by atoms with van der Waals surface area (Å²) in [6, 6.07) is 4.90. The number of anilines is 1. The van der Waals surface area contributed by atoms with Gasteiger partial charge in [0.05, 0.1) is 10.0 Å². The molecule has 108 valence electrons. The van der Waals surface area contributed by atoms with Gasteiger partial charge in [0, 0.05) is 12.2 Å². The molecule has 2 bridgehead atoms. The fraction of sp³-hybridized carbons (Fsp3) is 0.533. The van der Waals surface area contributed by atoms with Gasteiger partial charge in [0.25, 0.3) is 0 Å². The summed E-state index contributed by atoms with van der Waals surface area (Å²) in [4.78, 5) is 11.9. The van der Waals surface area contributed by atoms with Gasteiger partial charge in [-0.3, -0.25) is 0 Å². The molecule has 1 aromatic rings. The van der Waals surface area contributed by atoms with E-state index < -0.39 is 0 Å². The topological polar surface area (TPSA) is 41.1 Å². The molecule has 5 heteroatoms. The van der Waals surface area contributed by atoms with Crippen LogP contribution in [0.2, 0.25) is 10.0 Å². The Morgan fingerprint density at radius 2 is 2.05 bits per heavy atom. The van der Waals surface area contributed by atoms with Crippen LogP contribution in [0, 0.1) is 17.8 Å². The number of rotatable bonds is 3. The van der Waals surface area contributed by atoms with E-state index in [1.54, 1.807) is 18.2 Å². The Balaban J connectivity index is 1.48. The maximum Gasteiger partial charge on any atom is 0.319 e. The third-order valence-electron chi connectivity index (χ3n) is 4.59. The summed E-state index contributed by atoms with van der Waals surface area (Å²) in [5.74, 6) is 2.39. The molecule has 0 spiro atoms. The normalized spacial score (nSPS) is 27.6. The Morgan fingerprint density at radius 1 is 1.20 bits per heavy atom. The van der Waals surface area contributed by atoms with E-state index in [1.165, 1.54) is 25.7 Å². The molecule has 2 N–H and O–H groups in total. The van der Waals surface area contributed by atoms with Gasteiger partial charge < -0.3 is 10.6 Å². The lowest BCUT2D eigenvalue weighted by Gasteiger charge is -2.21. The molecular weight excluding hydrogens is 295 g/mol. The molecule has 2 amide bonds. The van der Waals surface area contributed by atoms with Crippen LogP contribution in [0.1, 0.15) is 25.7 Å². The molecule has 2 aliphatic rings. The second-order valence-corrected chi connectivity index (χ2v) is 6.71. The Kier molecular flexibility index (Phi) is 4.08. The number of fused-ring (bicyclic) bond motifs is 2. The molecule has 2 saturated carbocycles. The number of carbonyl (C=O) groups is 1. The quantitative estimate of drug-likeness (QED) is 0.844. The third-order valence-corrected chi connectivity index (χ3v) is 5.33. The molecule has 2 aliphatic carbocycles. The highest BCUT2D eigenvalue weighted by Gasteiger charge is 2.39. The molecule has 0 radical (unpaired) electrons. The lowest BCUT2D eigenvalue weighted by molar-refractivity contribution is 0.245. The number of benzene rings is 1. The van der Waals surface area contributed by atoms with Crippen molar-refractivity contribution in [3.8, 4) is 0 Å². The van der Waals surface area contributed by atoms with Crippen molar-refractivity contribution in [3.05, 3.63) is 28.2 Å². The van der Waals surface area contributed by atoms with Crippen LogP contribution in [0.15, 0.2) is 18.2 Å². The summed E-state index contributed by atoms with van der Waals surface area (Å²) >= 11 is 11.8. The Bertz CT molecular complexity index is 521. The van der Waals surface area contributed by atoms with Gasteiger partial charge in [0.15, 0.2) is 0 Å². The van der Waals surface area contributed by atoms with E-state index >= 15 is 0 Å². The van der Waals surface area contributed by atoms with Gasteiger partial charge in [-0.15, -0.1) is 0 Å². The molecular formula is C15H18Cl2N2O. The van der Waals surface area contributed by atoms with Crippen molar-refractivity contribution in [1.82, 2.24) is 5.32 Å². The molecule has 0 saturated heterocycles. The summed E-state index contributed by atoms with van der Waals surface area (Å²) in [5.41, 5.74) is 0.657. The molecule has 2 fully saturated rings. The van der Waals surface area contributed by atoms with Gasteiger partial charge in [0.1, 0.15) is 0 Å². The number of amides is 2. The second kappa shape index (κ2) is 5.82. The minimum Gasteiger partial charge on any atom is -0.338 e. The molecule has 3 rings (SSSR count). The zero-order valence-corrected chi connectivity index (χ0v) is 12.7. The minimum atomic E-state index is -0.175. The monoisotopic (exact) mass is 312 g/mol. The van der Waals surface area contributed by atoms with E-state index in [2.05, 4.69) is 10.6 Å². The van der Waals surface area contributed by atoms with E-state index in [-0.39, 0.29) is 6.03 Å². The lowest BCUT2D eigenvalue weighted by Crippen LogP contribution is -2.34. The number of halogens is 2. The summed E-state index contributed by atoms with van der Waals surface area (Å²) in [5, 5.41) is 6.68. The number of nitrogens with one attached hydrogen (secondary N) is 2. The lowest BCUT2D eigenvalue weighted by atomic mass is 9.89. The maximum atomic E-state index is 11.9. The first kappa shape index (κ1) is 14.0. The minimum absolute atomic E-state index is 0.175. The number of hydrogen-bond donors (Lipinski definition) is 2. The van der Waals surface area contributed by atoms with Crippen LogP contribution in [0.5, 0.6) is 0 Å². The second-order valence-electron chi connectivity index (χ2n) is 5.90. The van der Waals surface area contributed by atoms with Crippen LogP contribution in [0.25, 0.3) is 0 Å². The van der Waals surface area contributed by atoms with E-state index in [0.717, 1.165) is 18.4 Å². The predicted molar refractivity (Wildman–Crippen MR) is 82.4 cm³/mol. The molecule has 0 heterocycles. The molecule has 0 unspecified atom stereocenters. The Hall–Kier alpha value is -0.930. The van der Waals surface area contributed by atoms with Crippen LogP contribution < -0.4 is 10.6 Å². The zero-order valence-electron chi connectivity index (χ0n) is 11.2. The molecule has 0 aromatic heterocycles. The van der Waals surface area contributed by atoms with Crippen molar-refractivity contribution < 1.29 is 4.79 Å². The maximum absolute atomic E-state index is 11.9. The fourth-order valence-corrected chi connectivity index (χ4v) is 3.90. The van der Waals surface area contributed by atoms with Crippen molar-refractivity contribution >= 4 is 34.9 Å². The highest BCUT2D eigenvalue weighted by Crippen LogP contribution is 2.47. The summed E-state index contributed by atoms with van der Waals surface area (Å²) in [6.07, 6.45) is 5.36. The smallest absolute Gasteiger partial charge is 0.319 e. The van der Waals surface area contributed by atoms with Gasteiger partial charge in [-0.25, -0.2) is 4.79 Å². The van der Waals surface area contributed by atoms with Crippen LogP contribution in [0.3, 0.4) is 0 Å².